The molecule has 2 atom stereocenters. The Balaban J connectivity index is 1.71. The number of carbonyl (C=O) groups is 1. The van der Waals surface area contributed by atoms with Gasteiger partial charge in [-0.25, -0.2) is 5.10 Å². The summed E-state index contributed by atoms with van der Waals surface area (Å²) in [7, 11) is 2.15. The first-order chi connectivity index (χ1) is 11.7. The van der Waals surface area contributed by atoms with Crippen molar-refractivity contribution in [2.45, 2.75) is 37.8 Å². The van der Waals surface area contributed by atoms with E-state index in [2.05, 4.69) is 22.1 Å². The highest BCUT2D eigenvalue weighted by atomic mass is 16.2. The molecule has 2 aliphatic heterocycles. The molecule has 2 aromatic rings. The van der Waals surface area contributed by atoms with Gasteiger partial charge in [-0.15, -0.1) is 0 Å². The highest BCUT2D eigenvalue weighted by Crippen LogP contribution is 2.30. The molecule has 1 aromatic heterocycles. The molecule has 6 heteroatoms. The zero-order valence-electron chi connectivity index (χ0n) is 13.9. The quantitative estimate of drug-likeness (QED) is 0.910. The number of likely N-dealkylation sites (N-methyl/N-ethyl adjacent to an activating group) is 1. The minimum Gasteiger partial charge on any atom is -0.333 e. The predicted octanol–water partition coefficient (Wildman–Crippen LogP) is 1.62. The van der Waals surface area contributed by atoms with E-state index in [4.69, 9.17) is 0 Å². The fraction of sp³-hybridized carbons (Fsp3) is 0.500. The van der Waals surface area contributed by atoms with Crippen LogP contribution in [0.1, 0.15) is 36.2 Å². The van der Waals surface area contributed by atoms with E-state index in [0.29, 0.717) is 22.5 Å². The molecule has 2 fully saturated rings. The second kappa shape index (κ2) is 6.02. The molecule has 1 N–H and O–H groups in total. The molecular formula is C18H22N4O2. The van der Waals surface area contributed by atoms with Gasteiger partial charge in [-0.1, -0.05) is 18.2 Å². The van der Waals surface area contributed by atoms with E-state index in [0.717, 1.165) is 32.4 Å². The van der Waals surface area contributed by atoms with Gasteiger partial charge < -0.3 is 9.80 Å². The lowest BCUT2D eigenvalue weighted by molar-refractivity contribution is 0.0659. The summed E-state index contributed by atoms with van der Waals surface area (Å²) in [5.41, 5.74) is 0.105. The second-order valence-electron chi connectivity index (χ2n) is 6.85. The van der Waals surface area contributed by atoms with Crippen molar-refractivity contribution in [2.75, 3.05) is 20.1 Å². The molecule has 1 amide bonds. The van der Waals surface area contributed by atoms with E-state index in [9.17, 15) is 9.59 Å². The number of hydrogen-bond acceptors (Lipinski definition) is 4. The molecule has 126 valence electrons. The van der Waals surface area contributed by atoms with Crippen LogP contribution in [-0.4, -0.2) is 58.1 Å². The molecule has 0 spiro atoms. The monoisotopic (exact) mass is 326 g/mol. The number of benzene rings is 1. The van der Waals surface area contributed by atoms with Crippen LogP contribution in [0.4, 0.5) is 0 Å². The zero-order chi connectivity index (χ0) is 16.7. The average Bonchev–Trinajstić information content (AvgIpc) is 3.23. The normalized spacial score (nSPS) is 24.8. The number of aromatic amines is 1. The van der Waals surface area contributed by atoms with E-state index >= 15 is 0 Å². The number of carbonyl (C=O) groups excluding carboxylic acids is 1. The van der Waals surface area contributed by atoms with E-state index in [1.807, 2.05) is 11.0 Å². The van der Waals surface area contributed by atoms with Crippen molar-refractivity contribution < 1.29 is 4.79 Å². The molecule has 0 saturated carbocycles. The maximum Gasteiger partial charge on any atom is 0.275 e. The van der Waals surface area contributed by atoms with Gasteiger partial charge in [-0.05, 0) is 45.3 Å². The minimum absolute atomic E-state index is 0.0646. The first kappa shape index (κ1) is 15.3. The van der Waals surface area contributed by atoms with Crippen molar-refractivity contribution >= 4 is 16.7 Å². The lowest BCUT2D eigenvalue weighted by Gasteiger charge is -2.33. The van der Waals surface area contributed by atoms with Gasteiger partial charge in [0, 0.05) is 24.0 Å². The molecule has 3 heterocycles. The highest BCUT2D eigenvalue weighted by molar-refractivity contribution is 6.04. The van der Waals surface area contributed by atoms with Gasteiger partial charge in [-0.2, -0.15) is 5.10 Å². The number of nitrogens with zero attached hydrogens (tertiary/aromatic N) is 3. The maximum absolute atomic E-state index is 13.2. The van der Waals surface area contributed by atoms with Crippen molar-refractivity contribution in [3.63, 3.8) is 0 Å². The molecule has 1 aromatic carbocycles. The molecule has 0 radical (unpaired) electrons. The Kier molecular flexibility index (Phi) is 3.84. The van der Waals surface area contributed by atoms with Crippen molar-refractivity contribution in [1.29, 1.82) is 0 Å². The topological polar surface area (TPSA) is 69.3 Å². The van der Waals surface area contributed by atoms with Gasteiger partial charge in [0.15, 0.2) is 5.69 Å². The van der Waals surface area contributed by atoms with Crippen LogP contribution in [0.25, 0.3) is 10.8 Å². The Morgan fingerprint density at radius 2 is 1.83 bits per heavy atom. The van der Waals surface area contributed by atoms with E-state index in [-0.39, 0.29) is 17.5 Å². The number of amides is 1. The molecule has 24 heavy (non-hydrogen) atoms. The zero-order valence-corrected chi connectivity index (χ0v) is 13.9. The first-order valence-corrected chi connectivity index (χ1v) is 8.65. The number of aromatic nitrogens is 2. The summed E-state index contributed by atoms with van der Waals surface area (Å²) in [6.07, 6.45) is 4.41. The van der Waals surface area contributed by atoms with E-state index in [1.165, 1.54) is 6.42 Å². The Bertz CT molecular complexity index is 831. The Labute approximate surface area is 140 Å². The van der Waals surface area contributed by atoms with Gasteiger partial charge in [0.2, 0.25) is 0 Å². The Morgan fingerprint density at radius 1 is 1.12 bits per heavy atom. The van der Waals surface area contributed by atoms with Crippen LogP contribution in [-0.2, 0) is 0 Å². The van der Waals surface area contributed by atoms with Crippen LogP contribution in [0.5, 0.6) is 0 Å². The van der Waals surface area contributed by atoms with Crippen LogP contribution >= 0.6 is 0 Å². The first-order valence-electron chi connectivity index (χ1n) is 8.65. The SMILES string of the molecule is CN1CCC[C@@H]1[C@@H]1CCCN1C(=O)c1n[nH]c(=O)c2ccccc12. The van der Waals surface area contributed by atoms with Gasteiger partial charge in [0.1, 0.15) is 0 Å². The van der Waals surface area contributed by atoms with Crippen LogP contribution in [0.15, 0.2) is 29.1 Å². The second-order valence-corrected chi connectivity index (χ2v) is 6.85. The summed E-state index contributed by atoms with van der Waals surface area (Å²) in [6, 6.07) is 7.86. The van der Waals surface area contributed by atoms with E-state index < -0.39 is 0 Å². The standard InChI is InChI=1S/C18H22N4O2/c1-21-10-4-8-14(21)15-9-5-11-22(15)18(24)16-12-6-2-3-7-13(12)17(23)20-19-16/h2-3,6-7,14-15H,4-5,8-11H2,1H3,(H,20,23)/t14-,15+/m1/s1. The van der Waals surface area contributed by atoms with Crippen LogP contribution in [0.2, 0.25) is 0 Å². The highest BCUT2D eigenvalue weighted by Gasteiger charge is 2.39. The minimum atomic E-state index is -0.254. The molecule has 4 rings (SSSR count). The van der Waals surface area contributed by atoms with E-state index in [1.54, 1.807) is 18.2 Å². The summed E-state index contributed by atoms with van der Waals surface area (Å²) >= 11 is 0. The number of fused-ring (bicyclic) bond motifs is 1. The predicted molar refractivity (Wildman–Crippen MR) is 92.1 cm³/mol. The third-order valence-electron chi connectivity index (χ3n) is 5.48. The van der Waals surface area contributed by atoms with Crippen molar-refractivity contribution in [3.05, 3.63) is 40.3 Å². The molecule has 0 aliphatic carbocycles. The molecule has 0 bridgehead atoms. The molecular weight excluding hydrogens is 304 g/mol. The number of hydrogen-bond donors (Lipinski definition) is 1. The third-order valence-corrected chi connectivity index (χ3v) is 5.48. The molecule has 2 aliphatic rings. The van der Waals surface area contributed by atoms with Crippen LogP contribution in [0.3, 0.4) is 0 Å². The summed E-state index contributed by atoms with van der Waals surface area (Å²) in [5, 5.41) is 7.72. The largest absolute Gasteiger partial charge is 0.333 e. The number of likely N-dealkylation sites (tertiary alicyclic amines) is 2. The van der Waals surface area contributed by atoms with Gasteiger partial charge in [-0.3, -0.25) is 9.59 Å². The Morgan fingerprint density at radius 3 is 2.58 bits per heavy atom. The fourth-order valence-corrected chi connectivity index (χ4v) is 4.28. The molecule has 6 nitrogen and oxygen atoms in total. The van der Waals surface area contributed by atoms with Crippen molar-refractivity contribution in [1.82, 2.24) is 20.0 Å². The van der Waals surface area contributed by atoms with Crippen molar-refractivity contribution in [2.24, 2.45) is 0 Å². The Hall–Kier alpha value is -2.21. The third kappa shape index (κ3) is 2.41. The number of rotatable bonds is 2. The smallest absolute Gasteiger partial charge is 0.275 e. The van der Waals surface area contributed by atoms with Crippen molar-refractivity contribution in [3.8, 4) is 0 Å². The molecule has 2 saturated heterocycles. The molecule has 0 unspecified atom stereocenters. The fourth-order valence-electron chi connectivity index (χ4n) is 4.28. The number of nitrogens with one attached hydrogen (secondary N) is 1. The van der Waals surface area contributed by atoms with Gasteiger partial charge in [0.05, 0.1) is 5.39 Å². The average molecular weight is 326 g/mol. The number of H-pyrrole nitrogens is 1. The summed E-state index contributed by atoms with van der Waals surface area (Å²) in [6.45, 7) is 1.87. The lowest BCUT2D eigenvalue weighted by Crippen LogP contribution is -2.47. The summed E-state index contributed by atoms with van der Waals surface area (Å²) in [4.78, 5) is 29.5. The maximum atomic E-state index is 13.2. The van der Waals surface area contributed by atoms with Crippen LogP contribution < -0.4 is 5.56 Å². The summed E-state index contributed by atoms with van der Waals surface area (Å²) in [5.74, 6) is -0.0646. The summed E-state index contributed by atoms with van der Waals surface area (Å²) < 4.78 is 0. The lowest BCUT2D eigenvalue weighted by atomic mass is 10.0. The van der Waals surface area contributed by atoms with Gasteiger partial charge in [0.25, 0.3) is 11.5 Å². The van der Waals surface area contributed by atoms with Gasteiger partial charge >= 0.3 is 0 Å². The van der Waals surface area contributed by atoms with Crippen LogP contribution in [0, 0.1) is 0 Å².